The second-order valence-electron chi connectivity index (χ2n) is 9.26. The molecule has 1 N–H and O–H groups in total. The first-order valence-electron chi connectivity index (χ1n) is 12.3. The smallest absolute Gasteiger partial charge is 0.242 e. The molecule has 0 atom stereocenters. The molecule has 0 saturated carbocycles. The van der Waals surface area contributed by atoms with E-state index in [1.54, 1.807) is 11.8 Å². The number of carbonyl (C=O) groups excluding carboxylic acids is 1. The van der Waals surface area contributed by atoms with Crippen LogP contribution in [0.2, 0.25) is 0 Å². The number of aromatic nitrogens is 3. The number of ether oxygens (including phenoxy) is 3. The number of rotatable bonds is 9. The summed E-state index contributed by atoms with van der Waals surface area (Å²) in [4.78, 5) is 17.7. The highest BCUT2D eigenvalue weighted by Crippen LogP contribution is 2.35. The number of hydrogen-bond donors (Lipinski definition) is 1. The van der Waals surface area contributed by atoms with Crippen molar-refractivity contribution in [3.05, 3.63) is 46.6 Å². The van der Waals surface area contributed by atoms with Gasteiger partial charge in [0.05, 0.1) is 19.1 Å². The molecule has 1 fully saturated rings. The van der Waals surface area contributed by atoms with Crippen LogP contribution < -0.4 is 14.8 Å². The zero-order valence-corrected chi connectivity index (χ0v) is 21.4. The van der Waals surface area contributed by atoms with Gasteiger partial charge in [0, 0.05) is 44.3 Å². The maximum Gasteiger partial charge on any atom is 0.242 e. The Kier molecular flexibility index (Phi) is 7.60. The maximum absolute atomic E-state index is 13.0. The van der Waals surface area contributed by atoms with E-state index in [-0.39, 0.29) is 11.3 Å². The second-order valence-corrected chi connectivity index (χ2v) is 9.26. The molecule has 0 spiro atoms. The lowest BCUT2D eigenvalue weighted by atomic mass is 9.74. The van der Waals surface area contributed by atoms with Gasteiger partial charge in [-0.05, 0) is 68.9 Å². The number of amides is 1. The lowest BCUT2D eigenvalue weighted by Gasteiger charge is -2.38. The lowest BCUT2D eigenvalue weighted by Crippen LogP contribution is -2.44. The van der Waals surface area contributed by atoms with Gasteiger partial charge in [-0.25, -0.2) is 9.67 Å². The van der Waals surface area contributed by atoms with E-state index in [0.717, 1.165) is 46.4 Å². The standard InChI is InChI=1S/C27H36N4O4/c1-6-35-21-9-7-20(8-10-21)27(13-15-34-16-14-27)17-28-23(32)12-11-22-18(2)24-25(29-19(22)3)31(4)30-26(24)33-5/h7-10H,6,11-17H2,1-5H3,(H,28,32). The SMILES string of the molecule is CCOc1ccc(C2(CNC(=O)CCc3c(C)nc4c(c(OC)nn4C)c3C)CCOCC2)cc1. The molecule has 0 aliphatic carbocycles. The van der Waals surface area contributed by atoms with E-state index in [2.05, 4.69) is 29.5 Å². The molecule has 1 saturated heterocycles. The number of hydrogen-bond acceptors (Lipinski definition) is 6. The first-order valence-corrected chi connectivity index (χ1v) is 12.3. The first kappa shape index (κ1) is 25.0. The van der Waals surface area contributed by atoms with Crippen molar-refractivity contribution >= 4 is 16.9 Å². The molecule has 1 aromatic carbocycles. The summed E-state index contributed by atoms with van der Waals surface area (Å²) in [7, 11) is 3.48. The highest BCUT2D eigenvalue weighted by molar-refractivity contribution is 5.86. The van der Waals surface area contributed by atoms with Crippen LogP contribution in [-0.4, -0.2) is 54.1 Å². The Morgan fingerprint density at radius 3 is 2.57 bits per heavy atom. The van der Waals surface area contributed by atoms with E-state index in [9.17, 15) is 4.79 Å². The van der Waals surface area contributed by atoms with E-state index in [1.807, 2.05) is 33.0 Å². The molecule has 8 nitrogen and oxygen atoms in total. The van der Waals surface area contributed by atoms with Gasteiger partial charge in [-0.2, -0.15) is 0 Å². The van der Waals surface area contributed by atoms with Gasteiger partial charge < -0.3 is 19.5 Å². The van der Waals surface area contributed by atoms with Gasteiger partial charge in [0.2, 0.25) is 11.8 Å². The Morgan fingerprint density at radius 1 is 1.20 bits per heavy atom. The lowest BCUT2D eigenvalue weighted by molar-refractivity contribution is -0.121. The van der Waals surface area contributed by atoms with Gasteiger partial charge in [-0.1, -0.05) is 12.1 Å². The van der Waals surface area contributed by atoms with Gasteiger partial charge in [0.15, 0.2) is 5.65 Å². The molecule has 3 heterocycles. The highest BCUT2D eigenvalue weighted by atomic mass is 16.5. The van der Waals surface area contributed by atoms with Gasteiger partial charge in [-0.3, -0.25) is 4.79 Å². The third kappa shape index (κ3) is 5.12. The predicted molar refractivity (Wildman–Crippen MR) is 135 cm³/mol. The van der Waals surface area contributed by atoms with Crippen LogP contribution >= 0.6 is 0 Å². The molecule has 0 unspecified atom stereocenters. The molecule has 3 aromatic rings. The van der Waals surface area contributed by atoms with Crippen LogP contribution in [0, 0.1) is 13.8 Å². The summed E-state index contributed by atoms with van der Waals surface area (Å²) in [5.74, 6) is 1.47. The molecule has 1 aliphatic heterocycles. The molecule has 35 heavy (non-hydrogen) atoms. The summed E-state index contributed by atoms with van der Waals surface area (Å²) in [6.45, 7) is 8.64. The van der Waals surface area contributed by atoms with Crippen molar-refractivity contribution in [2.75, 3.05) is 33.5 Å². The molecule has 4 rings (SSSR count). The average Bonchev–Trinajstić information content (AvgIpc) is 3.19. The van der Waals surface area contributed by atoms with Crippen molar-refractivity contribution in [3.8, 4) is 11.6 Å². The minimum Gasteiger partial charge on any atom is -0.494 e. The van der Waals surface area contributed by atoms with Crippen molar-refractivity contribution in [1.82, 2.24) is 20.1 Å². The van der Waals surface area contributed by atoms with E-state index < -0.39 is 0 Å². The molecule has 2 aromatic heterocycles. The topological polar surface area (TPSA) is 87.5 Å². The number of carbonyl (C=O) groups is 1. The summed E-state index contributed by atoms with van der Waals surface area (Å²) in [6.07, 6.45) is 2.76. The average molecular weight is 481 g/mol. The fourth-order valence-corrected chi connectivity index (χ4v) is 5.10. The molecule has 188 valence electrons. The normalized spacial score (nSPS) is 15.2. The second kappa shape index (κ2) is 10.6. The summed E-state index contributed by atoms with van der Waals surface area (Å²) >= 11 is 0. The van der Waals surface area contributed by atoms with Gasteiger partial charge >= 0.3 is 0 Å². The number of nitrogens with one attached hydrogen (secondary N) is 1. The first-order chi connectivity index (χ1) is 16.9. The third-order valence-electron chi connectivity index (χ3n) is 7.17. The summed E-state index contributed by atoms with van der Waals surface area (Å²) in [5.41, 5.74) is 4.94. The Labute approximate surface area is 207 Å². The predicted octanol–water partition coefficient (Wildman–Crippen LogP) is 3.79. The number of nitrogens with zero attached hydrogens (tertiary/aromatic N) is 3. The Hall–Kier alpha value is -3.13. The van der Waals surface area contributed by atoms with Crippen LogP contribution in [0.25, 0.3) is 11.0 Å². The Balaban J connectivity index is 1.45. The molecule has 0 radical (unpaired) electrons. The summed E-state index contributed by atoms with van der Waals surface area (Å²) < 4.78 is 18.4. The van der Waals surface area contributed by atoms with Crippen molar-refractivity contribution in [1.29, 1.82) is 0 Å². The Morgan fingerprint density at radius 2 is 1.91 bits per heavy atom. The summed E-state index contributed by atoms with van der Waals surface area (Å²) in [6, 6.07) is 8.27. The fraction of sp³-hybridized carbons (Fsp3) is 0.519. The van der Waals surface area contributed by atoms with E-state index in [4.69, 9.17) is 19.2 Å². The van der Waals surface area contributed by atoms with Crippen molar-refractivity contribution in [3.63, 3.8) is 0 Å². The molecular weight excluding hydrogens is 444 g/mol. The minimum absolute atomic E-state index is 0.0406. The number of fused-ring (bicyclic) bond motifs is 1. The van der Waals surface area contributed by atoms with Crippen molar-refractivity contribution < 1.29 is 19.0 Å². The molecule has 8 heteroatoms. The quantitative estimate of drug-likeness (QED) is 0.501. The van der Waals surface area contributed by atoms with E-state index in [0.29, 0.717) is 45.1 Å². The van der Waals surface area contributed by atoms with Gasteiger partial charge in [0.1, 0.15) is 5.75 Å². The van der Waals surface area contributed by atoms with Crippen LogP contribution in [0.15, 0.2) is 24.3 Å². The zero-order chi connectivity index (χ0) is 25.0. The highest BCUT2D eigenvalue weighted by Gasteiger charge is 2.35. The van der Waals surface area contributed by atoms with Crippen LogP contribution in [0.1, 0.15) is 48.6 Å². The van der Waals surface area contributed by atoms with Crippen LogP contribution in [-0.2, 0) is 28.4 Å². The van der Waals surface area contributed by atoms with E-state index in [1.165, 1.54) is 5.56 Å². The molecule has 0 bridgehead atoms. The number of aryl methyl sites for hydroxylation is 3. The van der Waals surface area contributed by atoms with Crippen LogP contribution in [0.3, 0.4) is 0 Å². The number of methoxy groups -OCH3 is 1. The minimum atomic E-state index is -0.131. The third-order valence-corrected chi connectivity index (χ3v) is 7.17. The van der Waals surface area contributed by atoms with Crippen molar-refractivity contribution in [2.24, 2.45) is 7.05 Å². The number of benzene rings is 1. The maximum atomic E-state index is 13.0. The van der Waals surface area contributed by atoms with Gasteiger partial charge in [0.25, 0.3) is 0 Å². The summed E-state index contributed by atoms with van der Waals surface area (Å²) in [5, 5.41) is 8.54. The van der Waals surface area contributed by atoms with E-state index >= 15 is 0 Å². The molecule has 1 amide bonds. The van der Waals surface area contributed by atoms with Crippen LogP contribution in [0.5, 0.6) is 11.6 Å². The zero-order valence-electron chi connectivity index (χ0n) is 21.4. The van der Waals surface area contributed by atoms with Crippen LogP contribution in [0.4, 0.5) is 0 Å². The number of pyridine rings is 1. The fourth-order valence-electron chi connectivity index (χ4n) is 5.10. The monoisotopic (exact) mass is 480 g/mol. The Bertz CT molecular complexity index is 1180. The molecular formula is C27H36N4O4. The van der Waals surface area contributed by atoms with Crippen molar-refractivity contribution in [2.45, 2.75) is 51.9 Å². The van der Waals surface area contributed by atoms with Gasteiger partial charge in [-0.15, -0.1) is 5.10 Å². The molecule has 1 aliphatic rings. The largest absolute Gasteiger partial charge is 0.494 e.